The summed E-state index contributed by atoms with van der Waals surface area (Å²) < 4.78 is 0. The number of amides is 2. The van der Waals surface area contributed by atoms with E-state index in [0.29, 0.717) is 54.7 Å². The van der Waals surface area contributed by atoms with Crippen molar-refractivity contribution in [2.45, 2.75) is 69.7 Å². The second kappa shape index (κ2) is 16.6. The number of aromatic amines is 1. The molecule has 1 aliphatic rings. The van der Waals surface area contributed by atoms with Crippen molar-refractivity contribution in [1.29, 1.82) is 0 Å². The fourth-order valence-corrected chi connectivity index (χ4v) is 6.88. The second-order valence-electron chi connectivity index (χ2n) is 13.3. The van der Waals surface area contributed by atoms with E-state index in [1.807, 2.05) is 54.6 Å². The van der Waals surface area contributed by atoms with Crippen molar-refractivity contribution < 1.29 is 24.9 Å². The van der Waals surface area contributed by atoms with E-state index in [1.165, 1.54) is 17.0 Å². The maximum Gasteiger partial charge on any atom is 0.412 e. The number of carbonyl (C=O) groups excluding carboxylic acids is 1. The Kier molecular flexibility index (Phi) is 11.6. The number of aryl methyl sites for hydroxylation is 1. The van der Waals surface area contributed by atoms with E-state index in [2.05, 4.69) is 20.6 Å². The Balaban J connectivity index is 1.02. The molecule has 1 aliphatic carbocycles. The van der Waals surface area contributed by atoms with Crippen LogP contribution in [0.15, 0.2) is 95.9 Å². The number of hydrogen-bond acceptors (Lipinski definition) is 8. The van der Waals surface area contributed by atoms with Crippen LogP contribution >= 0.6 is 0 Å². The van der Waals surface area contributed by atoms with Crippen LogP contribution in [-0.4, -0.2) is 55.9 Å². The third-order valence-corrected chi connectivity index (χ3v) is 9.61. The summed E-state index contributed by atoms with van der Waals surface area (Å²) in [5, 5.41) is 37.9. The van der Waals surface area contributed by atoms with Gasteiger partial charge in [-0.1, -0.05) is 54.6 Å². The van der Waals surface area contributed by atoms with Gasteiger partial charge in [0.25, 0.3) is 0 Å². The van der Waals surface area contributed by atoms with E-state index in [0.717, 1.165) is 35.1 Å². The number of H-pyrrole nitrogens is 1. The Morgan fingerprint density at radius 3 is 2.46 bits per heavy atom. The van der Waals surface area contributed by atoms with Crippen LogP contribution < -0.4 is 26.8 Å². The number of phenolic OH excluding ortho intramolecular Hbond substituents is 1. The molecule has 12 heteroatoms. The smallest absolute Gasteiger partial charge is 0.412 e. The molecule has 0 spiro atoms. The number of nitrogens with zero attached hydrogens (tertiary/aromatic N) is 2. The molecule has 2 heterocycles. The van der Waals surface area contributed by atoms with Gasteiger partial charge in [-0.25, -0.2) is 9.78 Å². The number of phenols is 1. The summed E-state index contributed by atoms with van der Waals surface area (Å²) in [7, 11) is 0. The molecule has 1 unspecified atom stereocenters. The predicted molar refractivity (Wildman–Crippen MR) is 201 cm³/mol. The summed E-state index contributed by atoms with van der Waals surface area (Å²) in [5.41, 5.74) is 10.9. The molecule has 2 amide bonds. The van der Waals surface area contributed by atoms with E-state index < -0.39 is 12.2 Å². The first kappa shape index (κ1) is 36.2. The Labute approximate surface area is 301 Å². The molecule has 52 heavy (non-hydrogen) atoms. The number of carbonyl (C=O) groups is 2. The van der Waals surface area contributed by atoms with Gasteiger partial charge in [-0.15, -0.1) is 0 Å². The zero-order chi connectivity index (χ0) is 36.6. The van der Waals surface area contributed by atoms with Crippen LogP contribution in [0, 0.1) is 0 Å². The molecule has 0 bridgehead atoms. The lowest BCUT2D eigenvalue weighted by Crippen LogP contribution is -2.44. The number of benzene rings is 3. The number of nitrogens with two attached hydrogens (primary N) is 1. The molecular formula is C40H44N6O6. The van der Waals surface area contributed by atoms with Gasteiger partial charge in [-0.05, 0) is 85.0 Å². The number of rotatable bonds is 13. The van der Waals surface area contributed by atoms with E-state index in [1.54, 1.807) is 24.4 Å². The molecule has 1 saturated carbocycles. The summed E-state index contributed by atoms with van der Waals surface area (Å²) >= 11 is 0. The van der Waals surface area contributed by atoms with Gasteiger partial charge >= 0.3 is 6.09 Å². The van der Waals surface area contributed by atoms with Crippen molar-refractivity contribution >= 4 is 34.4 Å². The van der Waals surface area contributed by atoms with Gasteiger partial charge < -0.3 is 36.7 Å². The summed E-state index contributed by atoms with van der Waals surface area (Å²) in [6.07, 6.45) is 4.21. The van der Waals surface area contributed by atoms with Gasteiger partial charge in [0.2, 0.25) is 11.5 Å². The largest absolute Gasteiger partial charge is 0.506 e. The Hall–Kier alpha value is -5.56. The highest BCUT2D eigenvalue weighted by Crippen LogP contribution is 2.36. The number of aromatic nitrogens is 2. The van der Waals surface area contributed by atoms with Crippen molar-refractivity contribution in [3.8, 4) is 16.9 Å². The van der Waals surface area contributed by atoms with Gasteiger partial charge in [0.1, 0.15) is 11.6 Å². The number of aliphatic hydroxyl groups is 1. The number of aromatic hydroxyl groups is 1. The monoisotopic (exact) mass is 704 g/mol. The molecular weight excluding hydrogens is 660 g/mol. The van der Waals surface area contributed by atoms with Crippen molar-refractivity contribution in [3.63, 3.8) is 0 Å². The van der Waals surface area contributed by atoms with Crippen LogP contribution in [0.25, 0.3) is 22.0 Å². The highest BCUT2D eigenvalue weighted by Gasteiger charge is 2.30. The average molecular weight is 705 g/mol. The average Bonchev–Trinajstić information content (AvgIpc) is 3.14. The van der Waals surface area contributed by atoms with Crippen LogP contribution in [0.2, 0.25) is 0 Å². The number of anilines is 2. The molecule has 0 saturated heterocycles. The molecule has 1 atom stereocenters. The topological polar surface area (TPSA) is 194 Å². The SMILES string of the molecule is NC1CCC(N(C(=O)O)c2cc(CCCC(=O)Nc3ccc(CNCC(O)c4ccc(O)c5[nH]c(=O)ccc45)cn3)ccc2-c2ccccc2)CC1. The molecule has 3 aromatic carbocycles. The lowest BCUT2D eigenvalue weighted by Gasteiger charge is -2.35. The molecule has 12 nitrogen and oxygen atoms in total. The van der Waals surface area contributed by atoms with Crippen LogP contribution in [-0.2, 0) is 17.8 Å². The molecule has 5 aromatic rings. The zero-order valence-electron chi connectivity index (χ0n) is 28.8. The van der Waals surface area contributed by atoms with Gasteiger partial charge in [-0.2, -0.15) is 0 Å². The Bertz CT molecular complexity index is 2060. The van der Waals surface area contributed by atoms with Crippen molar-refractivity contribution in [3.05, 3.63) is 118 Å². The molecule has 1 fully saturated rings. The van der Waals surface area contributed by atoms with Gasteiger partial charge in [0, 0.05) is 54.8 Å². The molecule has 2 aromatic heterocycles. The summed E-state index contributed by atoms with van der Waals surface area (Å²) in [6.45, 7) is 0.640. The summed E-state index contributed by atoms with van der Waals surface area (Å²) in [4.78, 5) is 45.7. The summed E-state index contributed by atoms with van der Waals surface area (Å²) in [5.74, 6) is 0.191. The number of pyridine rings is 2. The van der Waals surface area contributed by atoms with Crippen molar-refractivity contribution in [2.24, 2.45) is 5.73 Å². The maximum absolute atomic E-state index is 12.8. The lowest BCUT2D eigenvalue weighted by atomic mass is 9.89. The highest BCUT2D eigenvalue weighted by atomic mass is 16.4. The fraction of sp³-hybridized carbons (Fsp3) is 0.300. The van der Waals surface area contributed by atoms with Crippen molar-refractivity contribution in [1.82, 2.24) is 15.3 Å². The minimum atomic E-state index is -0.983. The zero-order valence-corrected chi connectivity index (χ0v) is 28.8. The predicted octanol–water partition coefficient (Wildman–Crippen LogP) is 5.83. The van der Waals surface area contributed by atoms with Gasteiger partial charge in [-0.3, -0.25) is 14.5 Å². The molecule has 6 rings (SSSR count). The van der Waals surface area contributed by atoms with Gasteiger partial charge in [0.15, 0.2) is 0 Å². The Morgan fingerprint density at radius 2 is 1.73 bits per heavy atom. The molecule has 0 radical (unpaired) electrons. The molecule has 270 valence electrons. The van der Waals surface area contributed by atoms with Crippen LogP contribution in [0.1, 0.15) is 61.3 Å². The second-order valence-corrected chi connectivity index (χ2v) is 13.3. The van der Waals surface area contributed by atoms with Crippen LogP contribution in [0.3, 0.4) is 0 Å². The summed E-state index contributed by atoms with van der Waals surface area (Å²) in [6, 6.07) is 25.2. The van der Waals surface area contributed by atoms with E-state index >= 15 is 0 Å². The van der Waals surface area contributed by atoms with Crippen LogP contribution in [0.4, 0.5) is 16.3 Å². The standard InChI is InChI=1S/C40H44N6O6/c41-28-11-13-29(14-12-28)46(40(51)52)33-21-25(9-15-30(33)27-6-2-1-3-7-27)5-4-8-37(49)44-36-19-10-26(23-43-36)22-42-24-35(48)31-16-18-34(47)39-32(31)17-20-38(50)45-39/h1-3,6-7,9-10,15-21,23,28-29,35,42,47-48H,4-5,8,11-14,22,24,41H2,(H,45,50)(H,51,52)(H,43,44,49). The van der Waals surface area contributed by atoms with E-state index in [-0.39, 0.29) is 47.8 Å². The first-order chi connectivity index (χ1) is 25.2. The van der Waals surface area contributed by atoms with Crippen LogP contribution in [0.5, 0.6) is 5.75 Å². The lowest BCUT2D eigenvalue weighted by molar-refractivity contribution is -0.116. The number of nitrogens with one attached hydrogen (secondary N) is 3. The third-order valence-electron chi connectivity index (χ3n) is 9.61. The third kappa shape index (κ3) is 8.83. The Morgan fingerprint density at radius 1 is 0.962 bits per heavy atom. The maximum atomic E-state index is 12.8. The minimum Gasteiger partial charge on any atom is -0.506 e. The number of aliphatic hydroxyl groups excluding tert-OH is 1. The fourth-order valence-electron chi connectivity index (χ4n) is 6.88. The molecule has 0 aliphatic heterocycles. The number of hydrogen-bond donors (Lipinski definition) is 7. The quantitative estimate of drug-likeness (QED) is 0.0789. The van der Waals surface area contributed by atoms with E-state index in [4.69, 9.17) is 5.73 Å². The molecule has 8 N–H and O–H groups in total. The normalized spacial score (nSPS) is 16.3. The van der Waals surface area contributed by atoms with Gasteiger partial charge in [0.05, 0.1) is 17.3 Å². The van der Waals surface area contributed by atoms with E-state index in [9.17, 15) is 29.7 Å². The first-order valence-corrected chi connectivity index (χ1v) is 17.6. The minimum absolute atomic E-state index is 0.0667. The first-order valence-electron chi connectivity index (χ1n) is 17.6. The number of fused-ring (bicyclic) bond motifs is 1. The van der Waals surface area contributed by atoms with Crippen molar-refractivity contribution in [2.75, 3.05) is 16.8 Å². The number of carboxylic acid groups (broad SMARTS) is 1. The highest BCUT2D eigenvalue weighted by molar-refractivity contribution is 5.94.